The summed E-state index contributed by atoms with van der Waals surface area (Å²) >= 11 is 0. The summed E-state index contributed by atoms with van der Waals surface area (Å²) < 4.78 is 12.1. The van der Waals surface area contributed by atoms with Gasteiger partial charge in [0.15, 0.2) is 0 Å². The van der Waals surface area contributed by atoms with E-state index in [2.05, 4.69) is 11.1 Å². The molecule has 1 amide bonds. The lowest BCUT2D eigenvalue weighted by Gasteiger charge is -2.19. The maximum atomic E-state index is 12.4. The van der Waals surface area contributed by atoms with Gasteiger partial charge in [-0.25, -0.2) is 14.6 Å². The number of aryl methyl sites for hydroxylation is 2. The number of nitrogens with zero attached hydrogens (tertiary/aromatic N) is 3. The van der Waals surface area contributed by atoms with Crippen LogP contribution in [0.25, 0.3) is 0 Å². The third-order valence-corrected chi connectivity index (χ3v) is 4.43. The van der Waals surface area contributed by atoms with Gasteiger partial charge >= 0.3 is 12.1 Å². The molecule has 1 aliphatic heterocycles. The number of ether oxygens (including phenoxy) is 2. The number of amides is 1. The van der Waals surface area contributed by atoms with Gasteiger partial charge in [0.2, 0.25) is 0 Å². The van der Waals surface area contributed by atoms with Crippen molar-refractivity contribution < 1.29 is 19.1 Å². The summed E-state index contributed by atoms with van der Waals surface area (Å²) in [6.07, 6.45) is 1.74. The predicted molar refractivity (Wildman–Crippen MR) is 94.9 cm³/mol. The molecule has 138 valence electrons. The third-order valence-electron chi connectivity index (χ3n) is 4.43. The van der Waals surface area contributed by atoms with E-state index in [9.17, 15) is 9.59 Å². The molecule has 7 heteroatoms. The van der Waals surface area contributed by atoms with Gasteiger partial charge in [-0.1, -0.05) is 29.3 Å². The number of fused-ring (bicyclic) bond motifs is 1. The van der Waals surface area contributed by atoms with Gasteiger partial charge in [-0.05, 0) is 19.4 Å². The van der Waals surface area contributed by atoms with Gasteiger partial charge in [-0.2, -0.15) is 0 Å². The SMILES string of the molecule is COC(=O)c1cnc2n1CCN(C(=O)OCc1cc(C)cc(C)c1)CC2. The average molecular weight is 357 g/mol. The van der Waals surface area contributed by atoms with Crippen molar-refractivity contribution in [3.63, 3.8) is 0 Å². The number of hydrogen-bond acceptors (Lipinski definition) is 5. The Labute approximate surface area is 152 Å². The summed E-state index contributed by atoms with van der Waals surface area (Å²) in [5.41, 5.74) is 3.68. The zero-order valence-corrected chi connectivity index (χ0v) is 15.3. The Balaban J connectivity index is 1.61. The van der Waals surface area contributed by atoms with E-state index in [0.717, 1.165) is 22.5 Å². The smallest absolute Gasteiger partial charge is 0.410 e. The van der Waals surface area contributed by atoms with Gasteiger partial charge in [-0.3, -0.25) is 0 Å². The van der Waals surface area contributed by atoms with Crippen LogP contribution in [-0.2, 0) is 29.0 Å². The minimum absolute atomic E-state index is 0.246. The third kappa shape index (κ3) is 3.87. The lowest BCUT2D eigenvalue weighted by molar-refractivity contribution is 0.0587. The van der Waals surface area contributed by atoms with Crippen LogP contribution in [0.5, 0.6) is 0 Å². The summed E-state index contributed by atoms with van der Waals surface area (Å²) in [6, 6.07) is 6.11. The van der Waals surface area contributed by atoms with Crippen LogP contribution in [0.4, 0.5) is 4.79 Å². The lowest BCUT2D eigenvalue weighted by Crippen LogP contribution is -2.34. The summed E-state index contributed by atoms with van der Waals surface area (Å²) in [6.45, 7) is 5.73. The number of hydrogen-bond donors (Lipinski definition) is 0. The van der Waals surface area contributed by atoms with Crippen molar-refractivity contribution in [2.24, 2.45) is 0 Å². The molecular weight excluding hydrogens is 334 g/mol. The number of methoxy groups -OCH3 is 1. The molecule has 3 rings (SSSR count). The quantitative estimate of drug-likeness (QED) is 0.789. The van der Waals surface area contributed by atoms with E-state index >= 15 is 0 Å². The van der Waals surface area contributed by atoms with Crippen molar-refractivity contribution >= 4 is 12.1 Å². The van der Waals surface area contributed by atoms with Crippen molar-refractivity contribution in [2.45, 2.75) is 33.4 Å². The van der Waals surface area contributed by atoms with E-state index in [-0.39, 0.29) is 12.7 Å². The highest BCUT2D eigenvalue weighted by molar-refractivity contribution is 5.87. The van der Waals surface area contributed by atoms with Crippen LogP contribution < -0.4 is 0 Å². The fourth-order valence-corrected chi connectivity index (χ4v) is 3.27. The Bertz CT molecular complexity index is 808. The minimum Gasteiger partial charge on any atom is -0.464 e. The highest BCUT2D eigenvalue weighted by Crippen LogP contribution is 2.15. The molecule has 0 radical (unpaired) electrons. The second-order valence-corrected chi connectivity index (χ2v) is 6.49. The largest absolute Gasteiger partial charge is 0.464 e. The highest BCUT2D eigenvalue weighted by atomic mass is 16.6. The van der Waals surface area contributed by atoms with Gasteiger partial charge in [0.05, 0.1) is 13.3 Å². The van der Waals surface area contributed by atoms with Crippen molar-refractivity contribution in [1.29, 1.82) is 0 Å². The number of imidazole rings is 1. The predicted octanol–water partition coefficient (Wildman–Crippen LogP) is 2.48. The van der Waals surface area contributed by atoms with Gasteiger partial charge in [0, 0.05) is 26.1 Å². The van der Waals surface area contributed by atoms with Crippen LogP contribution in [0.3, 0.4) is 0 Å². The van der Waals surface area contributed by atoms with Gasteiger partial charge in [0.1, 0.15) is 18.1 Å². The fourth-order valence-electron chi connectivity index (χ4n) is 3.27. The van der Waals surface area contributed by atoms with Gasteiger partial charge < -0.3 is 18.9 Å². The van der Waals surface area contributed by atoms with Crippen LogP contribution in [0.1, 0.15) is 33.0 Å². The molecule has 1 aromatic carbocycles. The normalized spacial score (nSPS) is 13.7. The van der Waals surface area contributed by atoms with Crippen LogP contribution in [0.2, 0.25) is 0 Å². The second kappa shape index (κ2) is 7.59. The molecular formula is C19H23N3O4. The first kappa shape index (κ1) is 18.0. The number of esters is 1. The molecule has 1 aromatic heterocycles. The molecule has 1 aliphatic rings. The molecule has 0 aliphatic carbocycles. The Morgan fingerprint density at radius 3 is 2.54 bits per heavy atom. The number of aromatic nitrogens is 2. The molecule has 0 saturated heterocycles. The minimum atomic E-state index is -0.422. The molecule has 0 saturated carbocycles. The molecule has 26 heavy (non-hydrogen) atoms. The van der Waals surface area contributed by atoms with Crippen LogP contribution in [0, 0.1) is 13.8 Å². The second-order valence-electron chi connectivity index (χ2n) is 6.49. The Kier molecular flexibility index (Phi) is 5.25. The van der Waals surface area contributed by atoms with E-state index in [4.69, 9.17) is 9.47 Å². The Morgan fingerprint density at radius 1 is 1.12 bits per heavy atom. The standard InChI is InChI=1S/C19H23N3O4/c1-13-8-14(2)10-15(9-13)12-26-19(24)21-5-4-17-20-11-16(18(23)25-3)22(17)7-6-21/h8-11H,4-7,12H2,1-3H3. The molecule has 0 atom stereocenters. The average Bonchev–Trinajstić information content (AvgIpc) is 2.89. The zero-order chi connectivity index (χ0) is 18.7. The van der Waals surface area contributed by atoms with E-state index in [0.29, 0.717) is 31.7 Å². The highest BCUT2D eigenvalue weighted by Gasteiger charge is 2.24. The fraction of sp³-hybridized carbons (Fsp3) is 0.421. The maximum Gasteiger partial charge on any atom is 0.410 e. The van der Waals surface area contributed by atoms with Crippen molar-refractivity contribution in [2.75, 3.05) is 20.2 Å². The number of rotatable bonds is 3. The Hall–Kier alpha value is -2.83. The molecule has 0 unspecified atom stereocenters. The van der Waals surface area contributed by atoms with Crippen molar-refractivity contribution in [1.82, 2.24) is 14.5 Å². The monoisotopic (exact) mass is 357 g/mol. The van der Waals surface area contributed by atoms with E-state index in [1.807, 2.05) is 30.5 Å². The zero-order valence-electron chi connectivity index (χ0n) is 15.3. The Morgan fingerprint density at radius 2 is 1.85 bits per heavy atom. The summed E-state index contributed by atoms with van der Waals surface area (Å²) in [5, 5.41) is 0. The lowest BCUT2D eigenvalue weighted by atomic mass is 10.1. The van der Waals surface area contributed by atoms with Gasteiger partial charge in [0.25, 0.3) is 0 Å². The van der Waals surface area contributed by atoms with Gasteiger partial charge in [-0.15, -0.1) is 0 Å². The molecule has 0 N–H and O–H groups in total. The first-order chi connectivity index (χ1) is 12.5. The topological polar surface area (TPSA) is 73.7 Å². The van der Waals surface area contributed by atoms with E-state index in [1.165, 1.54) is 13.3 Å². The first-order valence-electron chi connectivity index (χ1n) is 8.59. The number of benzene rings is 1. The molecule has 2 aromatic rings. The molecule has 0 bridgehead atoms. The molecule has 0 fully saturated rings. The summed E-state index contributed by atoms with van der Waals surface area (Å²) in [7, 11) is 1.34. The summed E-state index contributed by atoms with van der Waals surface area (Å²) in [4.78, 5) is 30.2. The van der Waals surface area contributed by atoms with Crippen molar-refractivity contribution in [3.8, 4) is 0 Å². The number of carbonyl (C=O) groups is 2. The van der Waals surface area contributed by atoms with E-state index < -0.39 is 5.97 Å². The van der Waals surface area contributed by atoms with E-state index in [1.54, 1.807) is 4.90 Å². The molecule has 7 nitrogen and oxygen atoms in total. The van der Waals surface area contributed by atoms with Crippen LogP contribution >= 0.6 is 0 Å². The van der Waals surface area contributed by atoms with Crippen LogP contribution in [0.15, 0.2) is 24.4 Å². The number of carbonyl (C=O) groups excluding carboxylic acids is 2. The van der Waals surface area contributed by atoms with Crippen LogP contribution in [-0.4, -0.2) is 46.7 Å². The van der Waals surface area contributed by atoms with Crippen molar-refractivity contribution in [3.05, 3.63) is 52.6 Å². The first-order valence-corrected chi connectivity index (χ1v) is 8.59. The molecule has 2 heterocycles. The maximum absolute atomic E-state index is 12.4. The summed E-state index contributed by atoms with van der Waals surface area (Å²) in [5.74, 6) is 0.351. The molecule has 0 spiro atoms.